The first kappa shape index (κ1) is 18.0. The number of benzene rings is 1. The molecule has 0 saturated carbocycles. The minimum absolute atomic E-state index is 0.0685. The van der Waals surface area contributed by atoms with Crippen molar-refractivity contribution in [2.45, 2.75) is 25.4 Å². The Labute approximate surface area is 137 Å². The standard InChI is InChI=1S/C17H18F3NO3/c18-17(19,20)14-3-1-2-12(10-14)4-5-15(22)21-8-6-13(7-9-21)11-16(23)24/h1-5,10,13H,6-9,11H2,(H,23,24)/b5-4+. The van der Waals surface area contributed by atoms with Gasteiger partial charge in [-0.05, 0) is 42.5 Å². The molecule has 1 aromatic carbocycles. The molecule has 1 heterocycles. The lowest BCUT2D eigenvalue weighted by Gasteiger charge is -2.30. The molecular formula is C17H18F3NO3. The molecule has 0 aliphatic carbocycles. The van der Waals surface area contributed by atoms with Crippen LogP contribution in [0.2, 0.25) is 0 Å². The minimum atomic E-state index is -4.42. The Balaban J connectivity index is 1.93. The fourth-order valence-corrected chi connectivity index (χ4v) is 2.70. The van der Waals surface area contributed by atoms with Gasteiger partial charge in [0.05, 0.1) is 5.56 Å². The number of nitrogens with zero attached hydrogens (tertiary/aromatic N) is 1. The van der Waals surface area contributed by atoms with Crippen molar-refractivity contribution in [2.75, 3.05) is 13.1 Å². The summed E-state index contributed by atoms with van der Waals surface area (Å²) < 4.78 is 37.9. The molecule has 1 aromatic rings. The molecule has 1 aliphatic rings. The molecule has 0 radical (unpaired) electrons. The number of rotatable bonds is 4. The molecule has 0 spiro atoms. The zero-order chi connectivity index (χ0) is 17.7. The predicted octanol–water partition coefficient (Wildman–Crippen LogP) is 3.43. The van der Waals surface area contributed by atoms with Gasteiger partial charge in [-0.1, -0.05) is 12.1 Å². The van der Waals surface area contributed by atoms with Gasteiger partial charge in [0.2, 0.25) is 5.91 Å². The molecule has 130 valence electrons. The van der Waals surface area contributed by atoms with Gasteiger partial charge in [-0.15, -0.1) is 0 Å². The molecule has 7 heteroatoms. The second-order valence-corrected chi connectivity index (χ2v) is 5.82. The van der Waals surface area contributed by atoms with E-state index in [-0.39, 0.29) is 18.2 Å². The number of halogens is 3. The summed E-state index contributed by atoms with van der Waals surface area (Å²) in [4.78, 5) is 24.3. The van der Waals surface area contributed by atoms with E-state index in [0.29, 0.717) is 31.5 Å². The SMILES string of the molecule is O=C(O)CC1CCN(C(=O)/C=C/c2cccc(C(F)(F)F)c2)CC1. The molecule has 0 atom stereocenters. The van der Waals surface area contributed by atoms with Crippen LogP contribution >= 0.6 is 0 Å². The normalized spacial score (nSPS) is 16.5. The lowest BCUT2D eigenvalue weighted by atomic mass is 9.93. The first-order valence-electron chi connectivity index (χ1n) is 7.62. The second-order valence-electron chi connectivity index (χ2n) is 5.82. The van der Waals surface area contributed by atoms with Crippen molar-refractivity contribution in [3.8, 4) is 0 Å². The molecule has 1 amide bonds. The number of hydrogen-bond acceptors (Lipinski definition) is 2. The Hall–Kier alpha value is -2.31. The Morgan fingerprint density at radius 1 is 1.25 bits per heavy atom. The van der Waals surface area contributed by atoms with E-state index >= 15 is 0 Å². The number of amides is 1. The van der Waals surface area contributed by atoms with Crippen LogP contribution in [0.15, 0.2) is 30.3 Å². The van der Waals surface area contributed by atoms with Crippen LogP contribution in [0.25, 0.3) is 6.08 Å². The van der Waals surface area contributed by atoms with Crippen molar-refractivity contribution in [1.82, 2.24) is 4.90 Å². The smallest absolute Gasteiger partial charge is 0.416 e. The Bertz CT molecular complexity index is 632. The zero-order valence-corrected chi connectivity index (χ0v) is 12.9. The molecule has 0 unspecified atom stereocenters. The highest BCUT2D eigenvalue weighted by atomic mass is 19.4. The zero-order valence-electron chi connectivity index (χ0n) is 12.9. The third-order valence-corrected chi connectivity index (χ3v) is 4.02. The van der Waals surface area contributed by atoms with Gasteiger partial charge in [-0.3, -0.25) is 9.59 Å². The molecule has 1 N–H and O–H groups in total. The number of alkyl halides is 3. The second kappa shape index (κ2) is 7.51. The molecule has 0 aromatic heterocycles. The van der Waals surface area contributed by atoms with E-state index in [0.717, 1.165) is 12.1 Å². The highest BCUT2D eigenvalue weighted by molar-refractivity contribution is 5.91. The summed E-state index contributed by atoms with van der Waals surface area (Å²) in [7, 11) is 0. The highest BCUT2D eigenvalue weighted by Gasteiger charge is 2.30. The summed E-state index contributed by atoms with van der Waals surface area (Å²) in [6.45, 7) is 0.924. The third-order valence-electron chi connectivity index (χ3n) is 4.02. The summed E-state index contributed by atoms with van der Waals surface area (Å²) in [5, 5.41) is 8.76. The van der Waals surface area contributed by atoms with Crippen molar-refractivity contribution >= 4 is 18.0 Å². The lowest BCUT2D eigenvalue weighted by Crippen LogP contribution is -2.37. The molecule has 4 nitrogen and oxygen atoms in total. The van der Waals surface area contributed by atoms with E-state index in [1.165, 1.54) is 24.3 Å². The number of carboxylic acid groups (broad SMARTS) is 1. The average molecular weight is 341 g/mol. The van der Waals surface area contributed by atoms with Crippen molar-refractivity contribution in [3.05, 3.63) is 41.5 Å². The van der Waals surface area contributed by atoms with Crippen LogP contribution in [0.1, 0.15) is 30.4 Å². The monoisotopic (exact) mass is 341 g/mol. The van der Waals surface area contributed by atoms with Crippen molar-refractivity contribution < 1.29 is 27.9 Å². The fourth-order valence-electron chi connectivity index (χ4n) is 2.70. The highest BCUT2D eigenvalue weighted by Crippen LogP contribution is 2.29. The number of aliphatic carboxylic acids is 1. The molecule has 1 aliphatic heterocycles. The summed E-state index contributed by atoms with van der Waals surface area (Å²) in [5.74, 6) is -1.05. The van der Waals surface area contributed by atoms with E-state index in [1.54, 1.807) is 4.90 Å². The predicted molar refractivity (Wildman–Crippen MR) is 82.0 cm³/mol. The van der Waals surface area contributed by atoms with Gasteiger partial charge < -0.3 is 10.0 Å². The van der Waals surface area contributed by atoms with Gasteiger partial charge in [0.15, 0.2) is 0 Å². The first-order valence-corrected chi connectivity index (χ1v) is 7.62. The van der Waals surface area contributed by atoms with Gasteiger partial charge in [-0.25, -0.2) is 0 Å². The Morgan fingerprint density at radius 2 is 1.92 bits per heavy atom. The molecule has 2 rings (SSSR count). The number of piperidine rings is 1. The van der Waals surface area contributed by atoms with Crippen LogP contribution < -0.4 is 0 Å². The van der Waals surface area contributed by atoms with Crippen molar-refractivity contribution in [3.63, 3.8) is 0 Å². The lowest BCUT2D eigenvalue weighted by molar-refractivity contribution is -0.139. The van der Waals surface area contributed by atoms with Gasteiger partial charge >= 0.3 is 12.1 Å². The molecular weight excluding hydrogens is 323 g/mol. The van der Waals surface area contributed by atoms with Crippen LogP contribution in [-0.2, 0) is 15.8 Å². The number of carboxylic acids is 1. The van der Waals surface area contributed by atoms with Crippen LogP contribution in [0.3, 0.4) is 0 Å². The van der Waals surface area contributed by atoms with Crippen LogP contribution in [0.5, 0.6) is 0 Å². The minimum Gasteiger partial charge on any atom is -0.481 e. The summed E-state index contributed by atoms with van der Waals surface area (Å²) in [6.07, 6.45) is -0.458. The molecule has 1 fully saturated rings. The van der Waals surface area contributed by atoms with Crippen LogP contribution in [-0.4, -0.2) is 35.0 Å². The number of likely N-dealkylation sites (tertiary alicyclic amines) is 1. The molecule has 1 saturated heterocycles. The van der Waals surface area contributed by atoms with E-state index in [9.17, 15) is 22.8 Å². The van der Waals surface area contributed by atoms with Crippen LogP contribution in [0, 0.1) is 5.92 Å². The van der Waals surface area contributed by atoms with Gasteiger partial charge in [0, 0.05) is 25.6 Å². The fraction of sp³-hybridized carbons (Fsp3) is 0.412. The quantitative estimate of drug-likeness (QED) is 0.854. The third kappa shape index (κ3) is 5.11. The topological polar surface area (TPSA) is 57.6 Å². The molecule has 24 heavy (non-hydrogen) atoms. The van der Waals surface area contributed by atoms with Gasteiger partial charge in [0.1, 0.15) is 0 Å². The maximum Gasteiger partial charge on any atom is 0.416 e. The number of carbonyl (C=O) groups excluding carboxylic acids is 1. The average Bonchev–Trinajstić information content (AvgIpc) is 2.52. The number of carbonyl (C=O) groups is 2. The maximum absolute atomic E-state index is 12.6. The van der Waals surface area contributed by atoms with E-state index in [4.69, 9.17) is 5.11 Å². The molecule has 0 bridgehead atoms. The van der Waals surface area contributed by atoms with Gasteiger partial charge in [0.25, 0.3) is 0 Å². The van der Waals surface area contributed by atoms with Gasteiger partial charge in [-0.2, -0.15) is 13.2 Å². The van der Waals surface area contributed by atoms with E-state index in [1.807, 2.05) is 0 Å². The van der Waals surface area contributed by atoms with E-state index < -0.39 is 17.7 Å². The number of hydrogen-bond donors (Lipinski definition) is 1. The Morgan fingerprint density at radius 3 is 2.50 bits per heavy atom. The summed E-state index contributed by atoms with van der Waals surface area (Å²) in [6, 6.07) is 4.76. The summed E-state index contributed by atoms with van der Waals surface area (Å²) >= 11 is 0. The van der Waals surface area contributed by atoms with Crippen molar-refractivity contribution in [1.29, 1.82) is 0 Å². The first-order chi connectivity index (χ1) is 11.3. The maximum atomic E-state index is 12.6. The van der Waals surface area contributed by atoms with Crippen molar-refractivity contribution in [2.24, 2.45) is 5.92 Å². The Kier molecular flexibility index (Phi) is 5.64. The van der Waals surface area contributed by atoms with E-state index in [2.05, 4.69) is 0 Å². The largest absolute Gasteiger partial charge is 0.481 e. The summed E-state index contributed by atoms with van der Waals surface area (Å²) in [5.41, 5.74) is -0.453. The van der Waals surface area contributed by atoms with Crippen LogP contribution in [0.4, 0.5) is 13.2 Å².